The molecule has 17 heteroatoms. The third-order valence-corrected chi connectivity index (χ3v) is 7.86. The summed E-state index contributed by atoms with van der Waals surface area (Å²) in [5, 5.41) is 6.41. The van der Waals surface area contributed by atoms with Gasteiger partial charge in [0, 0.05) is 47.8 Å². The standard InChI is InChI=1S/C31H23F8N7O2/c32-17-7-14(8-18(33)11-17)9-21(24-19(1-2-20(44-24)28(40)48)16-10-15-3-6-41-29(15)42-12-16)43-22(47)13-46-26-23(25(45-46)27(34)35)30(36,37)4-5-31(26,38)39/h1-3,6-8,10-12,21,27H,4-5,9,13H2,(H2,40,48)(H,41,42)(H,43,47). The molecule has 1 aliphatic rings. The number of nitrogens with zero attached hydrogens (tertiary/aromatic N) is 4. The lowest BCUT2D eigenvalue weighted by atomic mass is 9.89. The van der Waals surface area contributed by atoms with Crippen molar-refractivity contribution in [3.63, 3.8) is 0 Å². The number of primary amides is 1. The number of aromatic nitrogens is 5. The van der Waals surface area contributed by atoms with Crippen LogP contribution in [0.25, 0.3) is 22.2 Å². The van der Waals surface area contributed by atoms with Crippen molar-refractivity contribution in [2.75, 3.05) is 0 Å². The fourth-order valence-electron chi connectivity index (χ4n) is 5.80. The maximum atomic E-state index is 15.0. The van der Waals surface area contributed by atoms with Crippen LogP contribution >= 0.6 is 0 Å². The molecule has 6 rings (SSSR count). The summed E-state index contributed by atoms with van der Waals surface area (Å²) in [5.74, 6) is -12.2. The molecule has 1 aliphatic carbocycles. The fourth-order valence-corrected chi connectivity index (χ4v) is 5.80. The second-order valence-electron chi connectivity index (χ2n) is 11.2. The van der Waals surface area contributed by atoms with E-state index in [-0.39, 0.29) is 27.2 Å². The van der Waals surface area contributed by atoms with Gasteiger partial charge in [0.25, 0.3) is 24.2 Å². The molecule has 0 saturated heterocycles. The SMILES string of the molecule is NC(=O)c1ccc(-c2cnc3[nH]ccc3c2)c(C(Cc2cc(F)cc(F)c2)NC(=O)Cn2nc(C(F)F)c3c2C(F)(F)CCC3(F)F)n1. The first-order valence-electron chi connectivity index (χ1n) is 14.3. The van der Waals surface area contributed by atoms with Gasteiger partial charge in [-0.15, -0.1) is 0 Å². The van der Waals surface area contributed by atoms with Gasteiger partial charge in [0.05, 0.1) is 17.3 Å². The van der Waals surface area contributed by atoms with Gasteiger partial charge in [-0.3, -0.25) is 14.3 Å². The van der Waals surface area contributed by atoms with Crippen LogP contribution in [0.15, 0.2) is 54.9 Å². The third kappa shape index (κ3) is 6.18. The number of pyridine rings is 2. The van der Waals surface area contributed by atoms with Crippen molar-refractivity contribution < 1.29 is 44.7 Å². The molecule has 5 aromatic rings. The van der Waals surface area contributed by atoms with Crippen molar-refractivity contribution in [1.82, 2.24) is 30.0 Å². The monoisotopic (exact) mass is 677 g/mol. The Balaban J connectivity index is 1.45. The Kier molecular flexibility index (Phi) is 8.16. The Morgan fingerprint density at radius 1 is 0.979 bits per heavy atom. The summed E-state index contributed by atoms with van der Waals surface area (Å²) < 4.78 is 115. The molecule has 0 radical (unpaired) electrons. The van der Waals surface area contributed by atoms with E-state index in [1.54, 1.807) is 18.3 Å². The molecule has 4 N–H and O–H groups in total. The van der Waals surface area contributed by atoms with E-state index < -0.39 is 90.5 Å². The predicted octanol–water partition coefficient (Wildman–Crippen LogP) is 6.21. The zero-order valence-corrected chi connectivity index (χ0v) is 24.4. The first-order valence-corrected chi connectivity index (χ1v) is 14.3. The lowest BCUT2D eigenvalue weighted by Gasteiger charge is -2.29. The summed E-state index contributed by atoms with van der Waals surface area (Å²) >= 11 is 0. The van der Waals surface area contributed by atoms with Crippen molar-refractivity contribution in [3.8, 4) is 11.1 Å². The Bertz CT molecular complexity index is 2040. The first-order chi connectivity index (χ1) is 22.6. The number of aromatic amines is 1. The molecule has 4 heterocycles. The van der Waals surface area contributed by atoms with E-state index in [1.807, 2.05) is 0 Å². The van der Waals surface area contributed by atoms with Crippen molar-refractivity contribution in [2.45, 2.75) is 50.1 Å². The highest BCUT2D eigenvalue weighted by atomic mass is 19.3. The molecule has 4 aromatic heterocycles. The van der Waals surface area contributed by atoms with Crippen LogP contribution in [0.1, 0.15) is 64.0 Å². The highest BCUT2D eigenvalue weighted by molar-refractivity contribution is 5.91. The number of rotatable bonds is 9. The van der Waals surface area contributed by atoms with Crippen LogP contribution in [0.5, 0.6) is 0 Å². The minimum atomic E-state index is -4.07. The number of hydrogen-bond acceptors (Lipinski definition) is 5. The molecule has 48 heavy (non-hydrogen) atoms. The molecule has 2 amide bonds. The number of hydrogen-bond donors (Lipinski definition) is 3. The summed E-state index contributed by atoms with van der Waals surface area (Å²) in [4.78, 5) is 37.2. The average molecular weight is 678 g/mol. The topological polar surface area (TPSA) is 132 Å². The van der Waals surface area contributed by atoms with E-state index in [0.29, 0.717) is 22.7 Å². The Hall–Kier alpha value is -5.35. The van der Waals surface area contributed by atoms with Crippen LogP contribution in [0.4, 0.5) is 35.1 Å². The Labute approximate surface area is 265 Å². The van der Waals surface area contributed by atoms with Crippen LogP contribution in [0.3, 0.4) is 0 Å². The summed E-state index contributed by atoms with van der Waals surface area (Å²) in [6, 6.07) is 7.24. The van der Waals surface area contributed by atoms with Crippen molar-refractivity contribution in [1.29, 1.82) is 0 Å². The first kappa shape index (κ1) is 32.6. The number of carbonyl (C=O) groups excluding carboxylic acids is 2. The lowest BCUT2D eigenvalue weighted by molar-refractivity contribution is -0.123. The van der Waals surface area contributed by atoms with Gasteiger partial charge in [-0.05, 0) is 42.3 Å². The van der Waals surface area contributed by atoms with Crippen LogP contribution in [0, 0.1) is 11.6 Å². The third-order valence-electron chi connectivity index (χ3n) is 7.86. The van der Waals surface area contributed by atoms with E-state index in [2.05, 4.69) is 25.4 Å². The van der Waals surface area contributed by atoms with Gasteiger partial charge < -0.3 is 16.0 Å². The molecule has 9 nitrogen and oxygen atoms in total. The minimum Gasteiger partial charge on any atom is -0.364 e. The number of benzene rings is 1. The molecule has 250 valence electrons. The highest BCUT2D eigenvalue weighted by Crippen LogP contribution is 2.52. The number of fused-ring (bicyclic) bond motifs is 2. The van der Waals surface area contributed by atoms with E-state index in [9.17, 15) is 44.7 Å². The zero-order chi connectivity index (χ0) is 34.5. The summed E-state index contributed by atoms with van der Waals surface area (Å²) in [7, 11) is 0. The highest BCUT2D eigenvalue weighted by Gasteiger charge is 2.55. The lowest BCUT2D eigenvalue weighted by Crippen LogP contribution is -2.37. The van der Waals surface area contributed by atoms with Gasteiger partial charge in [-0.2, -0.15) is 13.9 Å². The van der Waals surface area contributed by atoms with Crippen LogP contribution in [-0.2, 0) is 29.6 Å². The molecule has 0 spiro atoms. The van der Waals surface area contributed by atoms with E-state index >= 15 is 0 Å². The zero-order valence-electron chi connectivity index (χ0n) is 24.4. The van der Waals surface area contributed by atoms with E-state index in [4.69, 9.17) is 5.73 Å². The summed E-state index contributed by atoms with van der Waals surface area (Å²) in [5.41, 5.74) is 1.54. The summed E-state index contributed by atoms with van der Waals surface area (Å²) in [6.45, 7) is -1.23. The molecule has 0 saturated carbocycles. The Morgan fingerprint density at radius 3 is 2.38 bits per heavy atom. The van der Waals surface area contributed by atoms with E-state index in [1.165, 1.54) is 18.3 Å². The van der Waals surface area contributed by atoms with Crippen LogP contribution in [0.2, 0.25) is 0 Å². The van der Waals surface area contributed by atoms with Crippen molar-refractivity contribution >= 4 is 22.8 Å². The van der Waals surface area contributed by atoms with Gasteiger partial charge in [0.1, 0.15) is 40.9 Å². The van der Waals surface area contributed by atoms with Crippen LogP contribution < -0.4 is 11.1 Å². The Morgan fingerprint density at radius 2 is 1.69 bits per heavy atom. The molecule has 0 fully saturated rings. The fraction of sp³-hybridized carbons (Fsp3) is 0.258. The van der Waals surface area contributed by atoms with Crippen molar-refractivity contribution in [3.05, 3.63) is 100 Å². The van der Waals surface area contributed by atoms with Gasteiger partial charge in [0.2, 0.25) is 5.91 Å². The van der Waals surface area contributed by atoms with Crippen LogP contribution in [-0.4, -0.2) is 36.5 Å². The van der Waals surface area contributed by atoms with E-state index in [0.717, 1.165) is 12.1 Å². The maximum Gasteiger partial charge on any atom is 0.290 e. The second-order valence-corrected chi connectivity index (χ2v) is 11.2. The molecular weight excluding hydrogens is 654 g/mol. The van der Waals surface area contributed by atoms with Crippen molar-refractivity contribution in [2.24, 2.45) is 5.73 Å². The molecule has 1 unspecified atom stereocenters. The molecule has 0 aliphatic heterocycles. The molecule has 1 aromatic carbocycles. The molecule has 1 atom stereocenters. The maximum absolute atomic E-state index is 15.0. The number of nitrogens with one attached hydrogen (secondary N) is 2. The van der Waals surface area contributed by atoms with Gasteiger partial charge in [0.15, 0.2) is 0 Å². The smallest absolute Gasteiger partial charge is 0.290 e. The largest absolute Gasteiger partial charge is 0.364 e. The number of nitrogens with two attached hydrogens (primary N) is 1. The quantitative estimate of drug-likeness (QED) is 0.160. The molecular formula is C31H23F8N7O2. The minimum absolute atomic E-state index is 0.0168. The second kappa shape index (κ2) is 12.0. The normalized spacial score (nSPS) is 15.8. The number of alkyl halides is 6. The number of carbonyl (C=O) groups is 2. The van der Waals surface area contributed by atoms with Gasteiger partial charge in [-0.25, -0.2) is 36.3 Å². The number of amides is 2. The average Bonchev–Trinajstić information content (AvgIpc) is 3.64. The number of halogens is 8. The predicted molar refractivity (Wildman–Crippen MR) is 153 cm³/mol. The van der Waals surface area contributed by atoms with Gasteiger partial charge >= 0.3 is 0 Å². The summed E-state index contributed by atoms with van der Waals surface area (Å²) in [6.07, 6.45) is -3.79. The molecule has 0 bridgehead atoms. The van der Waals surface area contributed by atoms with Gasteiger partial charge in [-0.1, -0.05) is 6.07 Å². The number of H-pyrrole nitrogens is 1.